The third-order valence-electron chi connectivity index (χ3n) is 4.51. The lowest BCUT2D eigenvalue weighted by molar-refractivity contribution is 0.822. The maximum atomic E-state index is 4.51. The molecule has 0 unspecified atom stereocenters. The highest BCUT2D eigenvalue weighted by atomic mass is 15.4. The largest absolute Gasteiger partial charge is 0.369 e. The summed E-state index contributed by atoms with van der Waals surface area (Å²) in [6, 6.07) is 12.0. The number of nitrogens with one attached hydrogen (secondary N) is 1. The minimum atomic E-state index is 0.476. The highest BCUT2D eigenvalue weighted by Gasteiger charge is 2.12. The van der Waals surface area contributed by atoms with E-state index >= 15 is 0 Å². The number of anilines is 1. The van der Waals surface area contributed by atoms with E-state index in [0.29, 0.717) is 11.6 Å². The molecule has 8 nitrogen and oxygen atoms in total. The van der Waals surface area contributed by atoms with Crippen molar-refractivity contribution in [2.75, 3.05) is 11.9 Å². The van der Waals surface area contributed by atoms with Gasteiger partial charge < -0.3 is 5.32 Å². The SMILES string of the molecule is c1cnc(-n2ncc3c(NCCc4cccc5cccnc45)ncnc32)nc1. The molecule has 0 saturated heterocycles. The van der Waals surface area contributed by atoms with E-state index in [4.69, 9.17) is 0 Å². The summed E-state index contributed by atoms with van der Waals surface area (Å²) in [5.41, 5.74) is 2.90. The van der Waals surface area contributed by atoms with Gasteiger partial charge in [0.2, 0.25) is 0 Å². The molecular weight excluding hydrogens is 352 g/mol. The molecule has 4 heterocycles. The van der Waals surface area contributed by atoms with Crippen molar-refractivity contribution in [1.82, 2.24) is 34.7 Å². The van der Waals surface area contributed by atoms with Crippen molar-refractivity contribution in [3.63, 3.8) is 0 Å². The van der Waals surface area contributed by atoms with Crippen LogP contribution in [0, 0.1) is 0 Å². The van der Waals surface area contributed by atoms with Crippen LogP contribution in [-0.4, -0.2) is 41.2 Å². The Labute approximate surface area is 160 Å². The van der Waals surface area contributed by atoms with Gasteiger partial charge in [-0.1, -0.05) is 24.3 Å². The molecule has 0 amide bonds. The Kier molecular flexibility index (Phi) is 4.06. The van der Waals surface area contributed by atoms with Crippen LogP contribution in [0.3, 0.4) is 0 Å². The Morgan fingerprint density at radius 2 is 1.71 bits per heavy atom. The fourth-order valence-electron chi connectivity index (χ4n) is 3.22. The lowest BCUT2D eigenvalue weighted by Crippen LogP contribution is -2.08. The number of benzene rings is 1. The third-order valence-corrected chi connectivity index (χ3v) is 4.51. The highest BCUT2D eigenvalue weighted by Crippen LogP contribution is 2.21. The molecule has 136 valence electrons. The number of pyridine rings is 1. The van der Waals surface area contributed by atoms with E-state index < -0.39 is 0 Å². The summed E-state index contributed by atoms with van der Waals surface area (Å²) >= 11 is 0. The first-order valence-electron chi connectivity index (χ1n) is 8.93. The molecule has 0 aliphatic carbocycles. The summed E-state index contributed by atoms with van der Waals surface area (Å²) in [6.45, 7) is 0.717. The lowest BCUT2D eigenvalue weighted by atomic mass is 10.1. The monoisotopic (exact) mass is 368 g/mol. The van der Waals surface area contributed by atoms with Crippen molar-refractivity contribution < 1.29 is 0 Å². The van der Waals surface area contributed by atoms with Gasteiger partial charge in [-0.15, -0.1) is 0 Å². The van der Waals surface area contributed by atoms with Crippen LogP contribution in [0.5, 0.6) is 0 Å². The van der Waals surface area contributed by atoms with E-state index in [1.165, 1.54) is 11.9 Å². The molecule has 1 aromatic carbocycles. The van der Waals surface area contributed by atoms with Crippen LogP contribution in [0.4, 0.5) is 5.82 Å². The van der Waals surface area contributed by atoms with Gasteiger partial charge in [0.1, 0.15) is 12.1 Å². The molecule has 5 rings (SSSR count). The number of nitrogens with zero attached hydrogens (tertiary/aromatic N) is 7. The molecule has 1 N–H and O–H groups in total. The van der Waals surface area contributed by atoms with Crippen molar-refractivity contribution >= 4 is 27.8 Å². The van der Waals surface area contributed by atoms with Crippen LogP contribution in [0.25, 0.3) is 27.9 Å². The van der Waals surface area contributed by atoms with E-state index in [-0.39, 0.29) is 0 Å². The summed E-state index contributed by atoms with van der Waals surface area (Å²) in [7, 11) is 0. The van der Waals surface area contributed by atoms with Gasteiger partial charge >= 0.3 is 0 Å². The summed E-state index contributed by atoms with van der Waals surface area (Å²) in [5.74, 6) is 1.21. The minimum absolute atomic E-state index is 0.476. The van der Waals surface area contributed by atoms with E-state index in [1.54, 1.807) is 29.3 Å². The number of para-hydroxylation sites is 1. The Balaban J connectivity index is 1.39. The van der Waals surface area contributed by atoms with Crippen LogP contribution >= 0.6 is 0 Å². The van der Waals surface area contributed by atoms with Crippen LogP contribution in [0.1, 0.15) is 5.56 Å². The van der Waals surface area contributed by atoms with Gasteiger partial charge in [0.25, 0.3) is 5.95 Å². The summed E-state index contributed by atoms with van der Waals surface area (Å²) in [4.78, 5) is 21.7. The number of hydrogen-bond donors (Lipinski definition) is 1. The average molecular weight is 368 g/mol. The zero-order valence-electron chi connectivity index (χ0n) is 14.9. The number of hydrogen-bond acceptors (Lipinski definition) is 7. The smallest absolute Gasteiger partial charge is 0.252 e. The first-order chi connectivity index (χ1) is 13.9. The molecular formula is C20H16N8. The van der Waals surface area contributed by atoms with Gasteiger partial charge in [-0.25, -0.2) is 19.9 Å². The van der Waals surface area contributed by atoms with Crippen LogP contribution in [0.15, 0.2) is 67.5 Å². The first-order valence-corrected chi connectivity index (χ1v) is 8.93. The maximum Gasteiger partial charge on any atom is 0.252 e. The van der Waals surface area contributed by atoms with Crippen molar-refractivity contribution in [2.24, 2.45) is 0 Å². The number of aromatic nitrogens is 7. The zero-order chi connectivity index (χ0) is 18.8. The zero-order valence-corrected chi connectivity index (χ0v) is 14.9. The topological polar surface area (TPSA) is 94.3 Å². The second-order valence-electron chi connectivity index (χ2n) is 6.23. The molecule has 0 spiro atoms. The van der Waals surface area contributed by atoms with Crippen molar-refractivity contribution in [2.45, 2.75) is 6.42 Å². The second-order valence-corrected chi connectivity index (χ2v) is 6.23. The molecule has 0 saturated carbocycles. The molecule has 0 bridgehead atoms. The first kappa shape index (κ1) is 16.2. The normalized spacial score (nSPS) is 11.1. The number of rotatable bonds is 5. The summed E-state index contributed by atoms with van der Waals surface area (Å²) in [6.07, 6.45) is 9.25. The maximum absolute atomic E-state index is 4.51. The van der Waals surface area contributed by atoms with Gasteiger partial charge in [-0.2, -0.15) is 9.78 Å². The van der Waals surface area contributed by atoms with Gasteiger partial charge in [-0.3, -0.25) is 4.98 Å². The Morgan fingerprint density at radius 1 is 0.857 bits per heavy atom. The van der Waals surface area contributed by atoms with Crippen molar-refractivity contribution in [3.05, 3.63) is 73.1 Å². The fraction of sp³-hybridized carbons (Fsp3) is 0.100. The lowest BCUT2D eigenvalue weighted by Gasteiger charge is -2.08. The second kappa shape index (κ2) is 6.99. The van der Waals surface area contributed by atoms with Crippen LogP contribution in [0.2, 0.25) is 0 Å². The standard InChI is InChI=1S/C20H16N8/c1-4-14-6-2-8-21-17(14)15(5-1)7-11-22-18-16-12-27-28(19(16)26-13-25-18)20-23-9-3-10-24-20/h1-6,8-10,12-13H,7,11H2,(H,22,25,26). The fourth-order valence-corrected chi connectivity index (χ4v) is 3.22. The quantitative estimate of drug-likeness (QED) is 0.510. The van der Waals surface area contributed by atoms with Gasteiger partial charge in [0, 0.05) is 30.5 Å². The molecule has 0 atom stereocenters. The predicted octanol–water partition coefficient (Wildman–Crippen LogP) is 2.81. The molecule has 0 aliphatic heterocycles. The Morgan fingerprint density at radius 3 is 2.64 bits per heavy atom. The summed E-state index contributed by atoms with van der Waals surface area (Å²) < 4.78 is 1.61. The predicted molar refractivity (Wildman–Crippen MR) is 106 cm³/mol. The molecule has 0 aliphatic rings. The van der Waals surface area contributed by atoms with E-state index in [1.807, 2.05) is 12.3 Å². The average Bonchev–Trinajstić information content (AvgIpc) is 3.20. The van der Waals surface area contributed by atoms with Gasteiger partial charge in [-0.05, 0) is 24.1 Å². The van der Waals surface area contributed by atoms with Crippen LogP contribution < -0.4 is 5.32 Å². The Hall–Kier alpha value is -3.94. The van der Waals surface area contributed by atoms with Gasteiger partial charge in [0.05, 0.1) is 17.1 Å². The molecule has 4 aromatic heterocycles. The Bertz CT molecular complexity index is 1240. The van der Waals surface area contributed by atoms with Gasteiger partial charge in [0.15, 0.2) is 5.65 Å². The summed E-state index contributed by atoms with van der Waals surface area (Å²) in [5, 5.41) is 9.74. The van der Waals surface area contributed by atoms with E-state index in [9.17, 15) is 0 Å². The molecule has 0 fully saturated rings. The third kappa shape index (κ3) is 2.90. The highest BCUT2D eigenvalue weighted by molar-refractivity contribution is 5.87. The van der Waals surface area contributed by atoms with E-state index in [0.717, 1.165) is 35.1 Å². The molecule has 28 heavy (non-hydrogen) atoms. The molecule has 5 aromatic rings. The minimum Gasteiger partial charge on any atom is -0.369 e. The number of fused-ring (bicyclic) bond motifs is 2. The van der Waals surface area contributed by atoms with E-state index in [2.05, 4.69) is 59.6 Å². The van der Waals surface area contributed by atoms with Crippen molar-refractivity contribution in [3.8, 4) is 5.95 Å². The van der Waals surface area contributed by atoms with Crippen LogP contribution in [-0.2, 0) is 6.42 Å². The van der Waals surface area contributed by atoms with Crippen molar-refractivity contribution in [1.29, 1.82) is 0 Å². The molecule has 8 heteroatoms. The molecule has 0 radical (unpaired) electrons.